The second-order valence-corrected chi connectivity index (χ2v) is 4.81. The van der Waals surface area contributed by atoms with Gasteiger partial charge in [0.2, 0.25) is 0 Å². The van der Waals surface area contributed by atoms with Crippen LogP contribution < -0.4 is 5.32 Å². The van der Waals surface area contributed by atoms with E-state index in [-0.39, 0.29) is 12.2 Å². The second kappa shape index (κ2) is 6.25. The molecular weight excluding hydrogens is 236 g/mol. The molecule has 0 saturated carbocycles. The highest BCUT2D eigenvalue weighted by atomic mass is 19.3. The SMILES string of the molecule is CCC(C)(CCO)NCC(F)(F)c1ccccc1. The number of aliphatic hydroxyl groups excluding tert-OH is 1. The van der Waals surface area contributed by atoms with Crippen LogP contribution >= 0.6 is 0 Å². The average molecular weight is 257 g/mol. The van der Waals surface area contributed by atoms with E-state index in [1.807, 2.05) is 13.8 Å². The summed E-state index contributed by atoms with van der Waals surface area (Å²) in [5.74, 6) is -2.90. The normalized spacial score (nSPS) is 15.4. The molecule has 1 rings (SSSR count). The van der Waals surface area contributed by atoms with Gasteiger partial charge in [-0.2, -0.15) is 8.78 Å². The van der Waals surface area contributed by atoms with Crippen LogP contribution in [-0.2, 0) is 5.92 Å². The van der Waals surface area contributed by atoms with E-state index in [2.05, 4.69) is 5.32 Å². The Morgan fingerprint density at radius 3 is 2.33 bits per heavy atom. The van der Waals surface area contributed by atoms with Crippen molar-refractivity contribution in [2.75, 3.05) is 13.2 Å². The number of aliphatic hydroxyl groups is 1. The Morgan fingerprint density at radius 2 is 1.83 bits per heavy atom. The summed E-state index contributed by atoms with van der Waals surface area (Å²) in [6, 6.07) is 7.79. The van der Waals surface area contributed by atoms with Crippen LogP contribution in [0.25, 0.3) is 0 Å². The summed E-state index contributed by atoms with van der Waals surface area (Å²) in [5.41, 5.74) is -0.438. The Hall–Kier alpha value is -1.00. The minimum Gasteiger partial charge on any atom is -0.396 e. The van der Waals surface area contributed by atoms with Gasteiger partial charge in [-0.1, -0.05) is 37.3 Å². The third-order valence-corrected chi connectivity index (χ3v) is 3.38. The van der Waals surface area contributed by atoms with Gasteiger partial charge in [0.1, 0.15) is 0 Å². The first-order chi connectivity index (χ1) is 8.43. The van der Waals surface area contributed by atoms with E-state index >= 15 is 0 Å². The Balaban J connectivity index is 2.67. The van der Waals surface area contributed by atoms with Crippen LogP contribution in [0.3, 0.4) is 0 Å². The number of rotatable bonds is 7. The fraction of sp³-hybridized carbons (Fsp3) is 0.571. The molecule has 0 radical (unpaired) electrons. The lowest BCUT2D eigenvalue weighted by Gasteiger charge is -2.31. The van der Waals surface area contributed by atoms with Crippen molar-refractivity contribution < 1.29 is 13.9 Å². The van der Waals surface area contributed by atoms with Crippen LogP contribution in [0, 0.1) is 0 Å². The van der Waals surface area contributed by atoms with Gasteiger partial charge < -0.3 is 10.4 Å². The Labute approximate surface area is 107 Å². The van der Waals surface area contributed by atoms with E-state index in [9.17, 15) is 8.78 Å². The van der Waals surface area contributed by atoms with E-state index in [1.54, 1.807) is 18.2 Å². The molecule has 18 heavy (non-hydrogen) atoms. The standard InChI is InChI=1S/C14H21F2NO/c1-3-13(2,9-10-18)17-11-14(15,16)12-7-5-4-6-8-12/h4-8,17-18H,3,9-11H2,1-2H3. The summed E-state index contributed by atoms with van der Waals surface area (Å²) in [4.78, 5) is 0. The zero-order chi connectivity index (χ0) is 13.6. The Bertz CT molecular complexity index is 356. The highest BCUT2D eigenvalue weighted by Crippen LogP contribution is 2.28. The summed E-state index contributed by atoms with van der Waals surface area (Å²) in [7, 11) is 0. The third-order valence-electron chi connectivity index (χ3n) is 3.38. The lowest BCUT2D eigenvalue weighted by molar-refractivity contribution is -0.0120. The summed E-state index contributed by atoms with van der Waals surface area (Å²) >= 11 is 0. The van der Waals surface area contributed by atoms with Gasteiger partial charge in [-0.25, -0.2) is 0 Å². The zero-order valence-corrected chi connectivity index (χ0v) is 10.9. The number of hydrogen-bond donors (Lipinski definition) is 2. The number of benzene rings is 1. The summed E-state index contributed by atoms with van der Waals surface area (Å²) in [6.45, 7) is 3.35. The molecule has 0 bridgehead atoms. The van der Waals surface area contributed by atoms with Crippen molar-refractivity contribution in [1.29, 1.82) is 0 Å². The van der Waals surface area contributed by atoms with Crippen LogP contribution in [0.4, 0.5) is 8.78 Å². The van der Waals surface area contributed by atoms with Gasteiger partial charge in [0.25, 0.3) is 5.92 Å². The predicted molar refractivity (Wildman–Crippen MR) is 68.7 cm³/mol. The molecule has 0 aliphatic carbocycles. The van der Waals surface area contributed by atoms with Crippen molar-refractivity contribution in [2.45, 2.75) is 38.2 Å². The van der Waals surface area contributed by atoms with Gasteiger partial charge in [0.15, 0.2) is 0 Å². The molecule has 0 saturated heterocycles. The highest BCUT2D eigenvalue weighted by molar-refractivity contribution is 5.20. The van der Waals surface area contributed by atoms with Gasteiger partial charge in [-0.15, -0.1) is 0 Å². The van der Waals surface area contributed by atoms with Crippen LogP contribution in [0.15, 0.2) is 30.3 Å². The molecule has 0 aliphatic heterocycles. The smallest absolute Gasteiger partial charge is 0.285 e. The first kappa shape index (κ1) is 15.1. The Morgan fingerprint density at radius 1 is 1.22 bits per heavy atom. The van der Waals surface area contributed by atoms with E-state index in [4.69, 9.17) is 5.11 Å². The van der Waals surface area contributed by atoms with Crippen LogP contribution in [0.5, 0.6) is 0 Å². The molecule has 0 fully saturated rings. The topological polar surface area (TPSA) is 32.3 Å². The lowest BCUT2D eigenvalue weighted by atomic mass is 9.94. The van der Waals surface area contributed by atoms with Crippen LogP contribution in [-0.4, -0.2) is 23.8 Å². The maximum atomic E-state index is 13.9. The fourth-order valence-electron chi connectivity index (χ4n) is 1.75. The predicted octanol–water partition coefficient (Wildman–Crippen LogP) is 2.92. The molecule has 0 heterocycles. The molecule has 0 aromatic heterocycles. The molecule has 2 nitrogen and oxygen atoms in total. The average Bonchev–Trinajstić information content (AvgIpc) is 2.38. The van der Waals surface area contributed by atoms with Crippen molar-refractivity contribution in [3.05, 3.63) is 35.9 Å². The lowest BCUT2D eigenvalue weighted by Crippen LogP contribution is -2.47. The van der Waals surface area contributed by atoms with Crippen molar-refractivity contribution in [1.82, 2.24) is 5.32 Å². The fourth-order valence-corrected chi connectivity index (χ4v) is 1.75. The van der Waals surface area contributed by atoms with Crippen LogP contribution in [0.1, 0.15) is 32.3 Å². The van der Waals surface area contributed by atoms with Crippen LogP contribution in [0.2, 0.25) is 0 Å². The summed E-state index contributed by atoms with van der Waals surface area (Å²) in [6.07, 6.45) is 1.16. The molecule has 1 aromatic carbocycles. The number of nitrogens with one attached hydrogen (secondary N) is 1. The maximum absolute atomic E-state index is 13.9. The highest BCUT2D eigenvalue weighted by Gasteiger charge is 2.34. The first-order valence-electron chi connectivity index (χ1n) is 6.23. The van der Waals surface area contributed by atoms with Crippen molar-refractivity contribution in [3.8, 4) is 0 Å². The van der Waals surface area contributed by atoms with Gasteiger partial charge in [0, 0.05) is 17.7 Å². The largest absolute Gasteiger partial charge is 0.396 e. The molecule has 0 spiro atoms. The van der Waals surface area contributed by atoms with Crippen molar-refractivity contribution in [2.24, 2.45) is 0 Å². The van der Waals surface area contributed by atoms with E-state index < -0.39 is 18.0 Å². The van der Waals surface area contributed by atoms with E-state index in [0.717, 1.165) is 0 Å². The quantitative estimate of drug-likeness (QED) is 0.787. The third kappa shape index (κ3) is 4.03. The number of alkyl halides is 2. The monoisotopic (exact) mass is 257 g/mol. The molecule has 1 atom stereocenters. The van der Waals surface area contributed by atoms with Crippen molar-refractivity contribution in [3.63, 3.8) is 0 Å². The van der Waals surface area contributed by atoms with Gasteiger partial charge in [-0.05, 0) is 19.8 Å². The van der Waals surface area contributed by atoms with Crippen molar-refractivity contribution >= 4 is 0 Å². The molecule has 4 heteroatoms. The van der Waals surface area contributed by atoms with E-state index in [0.29, 0.717) is 12.8 Å². The van der Waals surface area contributed by atoms with Gasteiger partial charge in [0.05, 0.1) is 6.54 Å². The maximum Gasteiger partial charge on any atom is 0.285 e. The van der Waals surface area contributed by atoms with E-state index in [1.165, 1.54) is 12.1 Å². The molecule has 0 aliphatic rings. The molecule has 102 valence electrons. The number of hydrogen-bond acceptors (Lipinski definition) is 2. The molecule has 1 aromatic rings. The summed E-state index contributed by atoms with van der Waals surface area (Å²) < 4.78 is 27.9. The zero-order valence-electron chi connectivity index (χ0n) is 10.9. The minimum absolute atomic E-state index is 0.00571. The molecule has 1 unspecified atom stereocenters. The Kier molecular flexibility index (Phi) is 5.23. The van der Waals surface area contributed by atoms with Gasteiger partial charge >= 0.3 is 0 Å². The summed E-state index contributed by atoms with van der Waals surface area (Å²) in [5, 5.41) is 11.8. The molecule has 2 N–H and O–H groups in total. The molecular formula is C14H21F2NO. The minimum atomic E-state index is -2.90. The number of halogens is 2. The second-order valence-electron chi connectivity index (χ2n) is 4.81. The molecule has 0 amide bonds. The first-order valence-corrected chi connectivity index (χ1v) is 6.23. The van der Waals surface area contributed by atoms with Gasteiger partial charge in [-0.3, -0.25) is 0 Å².